The van der Waals surface area contributed by atoms with Crippen LogP contribution in [-0.2, 0) is 30.9 Å². The van der Waals surface area contributed by atoms with Gasteiger partial charge in [-0.2, -0.15) is 4.57 Å². The van der Waals surface area contributed by atoms with E-state index in [1.807, 2.05) is 6.92 Å². The second-order valence-corrected chi connectivity index (χ2v) is 14.4. The maximum atomic E-state index is 12.0. The van der Waals surface area contributed by atoms with Crippen molar-refractivity contribution in [3.05, 3.63) is 46.9 Å². The number of thiazole rings is 1. The number of hydrogen-bond acceptors (Lipinski definition) is 7. The smallest absolute Gasteiger partial charge is 0.305 e. The molecule has 1 aromatic carbocycles. The Hall–Kier alpha value is -1.81. The van der Waals surface area contributed by atoms with Gasteiger partial charge in [0, 0.05) is 12.8 Å². The lowest BCUT2D eigenvalue weighted by atomic mass is 9.97. The molecular formula is C35H57NO6S2. The van der Waals surface area contributed by atoms with E-state index in [4.69, 9.17) is 9.47 Å². The van der Waals surface area contributed by atoms with Crippen molar-refractivity contribution >= 4 is 27.4 Å². The molecule has 1 saturated heterocycles. The fourth-order valence-electron chi connectivity index (χ4n) is 5.46. The lowest BCUT2D eigenvalue weighted by Crippen LogP contribution is -2.29. The first-order valence-electron chi connectivity index (χ1n) is 17.0. The molecule has 0 saturated carbocycles. The molecule has 250 valence electrons. The molecule has 0 radical (unpaired) electrons. The molecule has 0 bridgehead atoms. The van der Waals surface area contributed by atoms with E-state index in [0.717, 1.165) is 44.4 Å². The highest BCUT2D eigenvalue weighted by Crippen LogP contribution is 2.25. The van der Waals surface area contributed by atoms with Crippen molar-refractivity contribution in [1.82, 2.24) is 0 Å². The van der Waals surface area contributed by atoms with Crippen LogP contribution in [0, 0.1) is 12.8 Å². The van der Waals surface area contributed by atoms with Gasteiger partial charge in [0.05, 0.1) is 23.0 Å². The molecule has 1 fully saturated rings. The van der Waals surface area contributed by atoms with Crippen LogP contribution >= 0.6 is 11.3 Å². The zero-order valence-electron chi connectivity index (χ0n) is 27.3. The van der Waals surface area contributed by atoms with E-state index in [2.05, 4.69) is 28.6 Å². The first kappa shape index (κ1) is 38.4. The molecule has 2 heterocycles. The van der Waals surface area contributed by atoms with Gasteiger partial charge in [-0.05, 0) is 50.7 Å². The largest absolute Gasteiger partial charge is 0.744 e. The molecule has 7 nitrogen and oxygen atoms in total. The summed E-state index contributed by atoms with van der Waals surface area (Å²) < 4.78 is 44.7. The second kappa shape index (κ2) is 23.5. The molecular weight excluding hydrogens is 595 g/mol. The predicted octanol–water partition coefficient (Wildman–Crippen LogP) is 8.53. The van der Waals surface area contributed by atoms with Crippen LogP contribution in [0.25, 0.3) is 0 Å². The van der Waals surface area contributed by atoms with Gasteiger partial charge in [0.2, 0.25) is 5.51 Å². The molecule has 1 aliphatic rings. The summed E-state index contributed by atoms with van der Waals surface area (Å²) in [6, 6.07) is 5.78. The van der Waals surface area contributed by atoms with Gasteiger partial charge < -0.3 is 14.0 Å². The van der Waals surface area contributed by atoms with Crippen molar-refractivity contribution in [2.45, 2.75) is 147 Å². The van der Waals surface area contributed by atoms with Gasteiger partial charge in [-0.1, -0.05) is 113 Å². The van der Waals surface area contributed by atoms with Crippen molar-refractivity contribution in [2.24, 2.45) is 5.92 Å². The summed E-state index contributed by atoms with van der Waals surface area (Å²) in [6.45, 7) is 6.43. The van der Waals surface area contributed by atoms with E-state index in [9.17, 15) is 17.8 Å². The molecule has 3 rings (SSSR count). The normalized spacial score (nSPS) is 16.4. The summed E-state index contributed by atoms with van der Waals surface area (Å²) in [5.74, 6) is 0.595. The Morgan fingerprint density at radius 1 is 0.932 bits per heavy atom. The molecule has 44 heavy (non-hydrogen) atoms. The fourth-order valence-corrected chi connectivity index (χ4v) is 6.56. The summed E-state index contributed by atoms with van der Waals surface area (Å²) in [4.78, 5) is 11.8. The molecule has 0 amide bonds. The topological polar surface area (TPSA) is 96.6 Å². The first-order valence-corrected chi connectivity index (χ1v) is 19.3. The zero-order chi connectivity index (χ0) is 31.9. The molecule has 0 aliphatic carbocycles. The number of unbranched alkanes of at least 4 members (excludes halogenated alkanes) is 13. The Labute approximate surface area is 271 Å². The van der Waals surface area contributed by atoms with Gasteiger partial charge in [0.25, 0.3) is 0 Å². The maximum absolute atomic E-state index is 12.0. The average molecular weight is 652 g/mol. The van der Waals surface area contributed by atoms with Gasteiger partial charge >= 0.3 is 5.97 Å². The van der Waals surface area contributed by atoms with Crippen molar-refractivity contribution in [3.8, 4) is 0 Å². The van der Waals surface area contributed by atoms with Crippen LogP contribution in [-0.4, -0.2) is 38.3 Å². The highest BCUT2D eigenvalue weighted by atomic mass is 32.2. The highest BCUT2D eigenvalue weighted by Gasteiger charge is 2.26. The van der Waals surface area contributed by atoms with Crippen molar-refractivity contribution in [3.63, 3.8) is 0 Å². The number of esters is 1. The molecule has 9 heteroatoms. The number of ether oxygens (including phenoxy) is 2. The van der Waals surface area contributed by atoms with Crippen LogP contribution in [0.3, 0.4) is 0 Å². The third-order valence-electron chi connectivity index (χ3n) is 8.19. The number of rotatable bonds is 22. The van der Waals surface area contributed by atoms with Gasteiger partial charge in [-0.3, -0.25) is 4.79 Å². The second-order valence-electron chi connectivity index (χ2n) is 12.3. The molecule has 1 aromatic heterocycles. The minimum Gasteiger partial charge on any atom is -0.744 e. The van der Waals surface area contributed by atoms with Crippen molar-refractivity contribution < 1.29 is 31.8 Å². The Balaban J connectivity index is 0.000000514. The molecule has 2 atom stereocenters. The molecule has 0 N–H and O–H groups in total. The van der Waals surface area contributed by atoms with Crippen molar-refractivity contribution in [2.75, 3.05) is 13.2 Å². The lowest BCUT2D eigenvalue weighted by molar-refractivity contribution is -0.692. The summed E-state index contributed by atoms with van der Waals surface area (Å²) >= 11 is 1.72. The number of aryl methyl sites for hydroxylation is 2. The van der Waals surface area contributed by atoms with Crippen LogP contribution in [0.15, 0.2) is 46.2 Å². The zero-order valence-corrected chi connectivity index (χ0v) is 28.9. The summed E-state index contributed by atoms with van der Waals surface area (Å²) in [5.41, 5.74) is 3.05. The maximum Gasteiger partial charge on any atom is 0.305 e. The Bertz CT molecular complexity index is 1090. The molecule has 1 aliphatic heterocycles. The van der Waals surface area contributed by atoms with Crippen LogP contribution in [0.4, 0.5) is 0 Å². The monoisotopic (exact) mass is 651 g/mol. The standard InChI is InChI=1S/C28H50NO3S.C7H8O3S/c1-2-3-4-5-6-7-8-9-10-11-12-14-17-26-22-27(31-23-26)24-32-28(30)18-15-13-16-19-29-20-21-33-25-29;1-6-2-4-7(5-3-6)11(8,9)10/h20-21,25-27H,2-19,22-24H2,1H3;2-5H,1H3,(H,8,9,10)/q+1;/p-1. The Kier molecular flexibility index (Phi) is 20.5. The average Bonchev–Trinajstić information content (AvgIpc) is 3.69. The Morgan fingerprint density at radius 2 is 1.55 bits per heavy atom. The number of nitrogens with zero attached hydrogens (tertiary/aromatic N) is 1. The molecule has 2 aromatic rings. The van der Waals surface area contributed by atoms with Crippen LogP contribution in [0.5, 0.6) is 0 Å². The number of carbonyl (C=O) groups is 1. The molecule has 0 spiro atoms. The number of aromatic nitrogens is 1. The minimum atomic E-state index is -4.27. The summed E-state index contributed by atoms with van der Waals surface area (Å²) in [6.07, 6.45) is 25.0. The van der Waals surface area contributed by atoms with Gasteiger partial charge in [-0.15, -0.1) is 0 Å². The van der Waals surface area contributed by atoms with E-state index in [1.165, 1.54) is 95.6 Å². The van der Waals surface area contributed by atoms with Crippen LogP contribution in [0.1, 0.15) is 128 Å². The van der Waals surface area contributed by atoms with Gasteiger partial charge in [0.1, 0.15) is 23.3 Å². The highest BCUT2D eigenvalue weighted by molar-refractivity contribution is 7.85. The van der Waals surface area contributed by atoms with Crippen LogP contribution in [0.2, 0.25) is 0 Å². The quantitative estimate of drug-likeness (QED) is 0.0548. The number of hydrogen-bond donors (Lipinski definition) is 0. The first-order chi connectivity index (χ1) is 21.3. The van der Waals surface area contributed by atoms with Crippen LogP contribution < -0.4 is 4.57 Å². The van der Waals surface area contributed by atoms with E-state index < -0.39 is 10.1 Å². The van der Waals surface area contributed by atoms with E-state index in [1.54, 1.807) is 23.5 Å². The number of benzene rings is 1. The van der Waals surface area contributed by atoms with E-state index in [0.29, 0.717) is 18.9 Å². The Morgan fingerprint density at radius 3 is 2.14 bits per heavy atom. The summed E-state index contributed by atoms with van der Waals surface area (Å²) in [5, 5.41) is 2.09. The molecule has 2 unspecified atom stereocenters. The van der Waals surface area contributed by atoms with E-state index >= 15 is 0 Å². The SMILES string of the molecule is CCCCCCCCCCCCCCC1COC(COC(=O)CCCCC[n+]2ccsc2)C1.Cc1ccc(S(=O)(=O)[O-])cc1. The number of carbonyl (C=O) groups excluding carboxylic acids is 1. The van der Waals surface area contributed by atoms with E-state index in [-0.39, 0.29) is 17.0 Å². The lowest BCUT2D eigenvalue weighted by Gasteiger charge is -2.10. The van der Waals surface area contributed by atoms with Crippen molar-refractivity contribution in [1.29, 1.82) is 0 Å². The van der Waals surface area contributed by atoms with Gasteiger partial charge in [-0.25, -0.2) is 8.42 Å². The summed E-state index contributed by atoms with van der Waals surface area (Å²) in [7, 11) is -4.27. The third-order valence-corrected chi connectivity index (χ3v) is 9.71. The predicted molar refractivity (Wildman–Crippen MR) is 177 cm³/mol. The fraction of sp³-hybridized carbons (Fsp3) is 0.714. The minimum absolute atomic E-state index is 0.0637. The third kappa shape index (κ3) is 18.9. The van der Waals surface area contributed by atoms with Gasteiger partial charge in [0.15, 0.2) is 6.20 Å².